The molecule has 0 spiro atoms. The quantitative estimate of drug-likeness (QED) is 0.641. The Morgan fingerprint density at radius 1 is 1.32 bits per heavy atom. The first kappa shape index (κ1) is 16.7. The largest absolute Gasteiger partial charge is 0.465 e. The van der Waals surface area contributed by atoms with Crippen molar-refractivity contribution in [1.82, 2.24) is 9.88 Å². The minimum atomic E-state index is -0.970. The molecule has 25 heavy (non-hydrogen) atoms. The number of hydrogen-bond donors (Lipinski definition) is 1. The number of nitrogens with zero attached hydrogens (tertiary/aromatic N) is 1. The fourth-order valence-electron chi connectivity index (χ4n) is 3.61. The summed E-state index contributed by atoms with van der Waals surface area (Å²) < 4.78 is 3.83. The number of fused-ring (bicyclic) bond motifs is 3. The molecule has 2 aliphatic rings. The molecular weight excluding hydrogens is 363 g/mol. The molecule has 2 aromatic rings. The van der Waals surface area contributed by atoms with Crippen LogP contribution in [0.3, 0.4) is 0 Å². The van der Waals surface area contributed by atoms with Gasteiger partial charge >= 0.3 is 5.97 Å². The lowest BCUT2D eigenvalue weighted by Gasteiger charge is -2.30. The van der Waals surface area contributed by atoms with E-state index in [0.717, 1.165) is 28.6 Å². The number of hydrogen-bond acceptors (Lipinski definition) is 3. The van der Waals surface area contributed by atoms with Gasteiger partial charge in [-0.25, -0.2) is 4.79 Å². The summed E-state index contributed by atoms with van der Waals surface area (Å²) in [5.41, 5.74) is 2.88. The number of benzene rings is 1. The molecule has 0 radical (unpaired) electrons. The van der Waals surface area contributed by atoms with Crippen LogP contribution in [0.2, 0.25) is 0 Å². The van der Waals surface area contributed by atoms with E-state index >= 15 is 0 Å². The second kappa shape index (κ2) is 5.39. The Hall–Kier alpha value is -1.72. The van der Waals surface area contributed by atoms with Crippen LogP contribution in [0.25, 0.3) is 10.9 Å². The zero-order chi connectivity index (χ0) is 18.0. The number of rotatable bonds is 2. The SMILES string of the molecule is COC(=O)c1ccc2[nH]c3c(c2c1)CN(C(=O)C1(C)CC1(Cl)Cl)CC3. The van der Waals surface area contributed by atoms with Crippen molar-refractivity contribution in [3.63, 3.8) is 0 Å². The molecule has 1 saturated carbocycles. The highest BCUT2D eigenvalue weighted by molar-refractivity contribution is 6.53. The van der Waals surface area contributed by atoms with E-state index in [1.165, 1.54) is 7.11 Å². The summed E-state index contributed by atoms with van der Waals surface area (Å²) in [7, 11) is 1.36. The molecule has 1 aliphatic carbocycles. The van der Waals surface area contributed by atoms with Gasteiger partial charge < -0.3 is 14.6 Å². The van der Waals surface area contributed by atoms with Gasteiger partial charge in [0.15, 0.2) is 0 Å². The highest BCUT2D eigenvalue weighted by Crippen LogP contribution is 2.64. The highest BCUT2D eigenvalue weighted by atomic mass is 35.5. The second-order valence-electron chi connectivity index (χ2n) is 7.02. The highest BCUT2D eigenvalue weighted by Gasteiger charge is 2.68. The van der Waals surface area contributed by atoms with Crippen LogP contribution >= 0.6 is 23.2 Å². The summed E-state index contributed by atoms with van der Waals surface area (Å²) in [6.07, 6.45) is 1.21. The Morgan fingerprint density at radius 2 is 2.04 bits per heavy atom. The molecule has 1 aromatic carbocycles. The minimum absolute atomic E-state index is 0.0124. The monoisotopic (exact) mass is 380 g/mol. The first-order chi connectivity index (χ1) is 11.8. The minimum Gasteiger partial charge on any atom is -0.465 e. The van der Waals surface area contributed by atoms with E-state index < -0.39 is 9.75 Å². The van der Waals surface area contributed by atoms with Gasteiger partial charge in [-0.2, -0.15) is 0 Å². The number of aromatic amines is 1. The molecule has 4 rings (SSSR count). The number of esters is 1. The number of methoxy groups -OCH3 is 1. The third-order valence-electron chi connectivity index (χ3n) is 5.41. The average Bonchev–Trinajstić information content (AvgIpc) is 2.95. The molecule has 1 unspecified atom stereocenters. The Morgan fingerprint density at radius 3 is 2.68 bits per heavy atom. The predicted octanol–water partition coefficient (Wildman–Crippen LogP) is 3.42. The molecule has 1 aliphatic heterocycles. The van der Waals surface area contributed by atoms with E-state index in [2.05, 4.69) is 4.98 Å². The summed E-state index contributed by atoms with van der Waals surface area (Å²) in [6.45, 7) is 2.93. The Bertz CT molecular complexity index is 905. The number of H-pyrrole nitrogens is 1. The third-order valence-corrected chi connectivity index (χ3v) is 6.51. The van der Waals surface area contributed by atoms with Gasteiger partial charge in [0.25, 0.3) is 0 Å². The molecule has 1 fully saturated rings. The normalized spacial score (nSPS) is 24.1. The van der Waals surface area contributed by atoms with Gasteiger partial charge in [0.1, 0.15) is 4.33 Å². The van der Waals surface area contributed by atoms with E-state index in [1.54, 1.807) is 6.07 Å². The van der Waals surface area contributed by atoms with E-state index in [0.29, 0.717) is 25.1 Å². The Kier molecular flexibility index (Phi) is 3.61. The molecular formula is C18H18Cl2N2O3. The number of ether oxygens (including phenoxy) is 1. The smallest absolute Gasteiger partial charge is 0.337 e. The number of halogens is 2. The van der Waals surface area contributed by atoms with Crippen molar-refractivity contribution in [3.8, 4) is 0 Å². The molecule has 1 N–H and O–H groups in total. The van der Waals surface area contributed by atoms with E-state index in [9.17, 15) is 9.59 Å². The topological polar surface area (TPSA) is 62.4 Å². The first-order valence-electron chi connectivity index (χ1n) is 8.16. The van der Waals surface area contributed by atoms with E-state index in [4.69, 9.17) is 27.9 Å². The van der Waals surface area contributed by atoms with Crippen molar-refractivity contribution in [1.29, 1.82) is 0 Å². The molecule has 132 valence electrons. The average molecular weight is 381 g/mol. The number of alkyl halides is 2. The van der Waals surface area contributed by atoms with Crippen LogP contribution in [0.15, 0.2) is 18.2 Å². The lowest BCUT2D eigenvalue weighted by atomic mass is 10.0. The van der Waals surface area contributed by atoms with Crippen molar-refractivity contribution in [2.75, 3.05) is 13.7 Å². The summed E-state index contributed by atoms with van der Waals surface area (Å²) in [5, 5.41) is 0.944. The summed E-state index contributed by atoms with van der Waals surface area (Å²) >= 11 is 12.3. The van der Waals surface area contributed by atoms with Crippen LogP contribution in [-0.2, 0) is 22.5 Å². The molecule has 5 nitrogen and oxygen atoms in total. The van der Waals surface area contributed by atoms with E-state index in [1.807, 2.05) is 24.0 Å². The van der Waals surface area contributed by atoms with Gasteiger partial charge in [-0.3, -0.25) is 4.79 Å². The Labute approximate surface area is 155 Å². The van der Waals surface area contributed by atoms with Crippen LogP contribution in [0.1, 0.15) is 35.0 Å². The van der Waals surface area contributed by atoms with Crippen molar-refractivity contribution >= 4 is 46.0 Å². The van der Waals surface area contributed by atoms with Crippen LogP contribution in [0, 0.1) is 5.41 Å². The van der Waals surface area contributed by atoms with Gasteiger partial charge in [-0.1, -0.05) is 0 Å². The summed E-state index contributed by atoms with van der Waals surface area (Å²) in [5.74, 6) is -0.387. The van der Waals surface area contributed by atoms with Gasteiger partial charge in [0.2, 0.25) is 5.91 Å². The fourth-order valence-corrected chi connectivity index (χ4v) is 4.31. The summed E-state index contributed by atoms with van der Waals surface area (Å²) in [4.78, 5) is 29.9. The van der Waals surface area contributed by atoms with Crippen LogP contribution in [0.5, 0.6) is 0 Å². The maximum atomic E-state index is 12.9. The standard InChI is InChI=1S/C18H18Cl2N2O3/c1-17(9-18(17,19)20)16(24)22-6-5-14-12(8-22)11-7-10(15(23)25-2)3-4-13(11)21-14/h3-4,7,21H,5-6,8-9H2,1-2H3. The van der Waals surface area contributed by atoms with Crippen LogP contribution < -0.4 is 0 Å². The Balaban J connectivity index is 1.68. The predicted molar refractivity (Wildman–Crippen MR) is 95.9 cm³/mol. The number of nitrogens with one attached hydrogen (secondary N) is 1. The number of amides is 1. The maximum Gasteiger partial charge on any atom is 0.337 e. The number of carbonyl (C=O) groups excluding carboxylic acids is 2. The number of carbonyl (C=O) groups is 2. The van der Waals surface area contributed by atoms with Crippen molar-refractivity contribution < 1.29 is 14.3 Å². The molecule has 1 atom stereocenters. The van der Waals surface area contributed by atoms with Crippen LogP contribution in [0.4, 0.5) is 0 Å². The van der Waals surface area contributed by atoms with Gasteiger partial charge in [-0.15, -0.1) is 23.2 Å². The number of aromatic nitrogens is 1. The van der Waals surface area contributed by atoms with Crippen LogP contribution in [-0.4, -0.2) is 39.7 Å². The zero-order valence-corrected chi connectivity index (χ0v) is 15.5. The fraction of sp³-hybridized carbons (Fsp3) is 0.444. The maximum absolute atomic E-state index is 12.9. The molecule has 1 amide bonds. The lowest BCUT2D eigenvalue weighted by Crippen LogP contribution is -2.41. The second-order valence-corrected chi connectivity index (χ2v) is 8.51. The van der Waals surface area contributed by atoms with Gasteiger partial charge in [0.05, 0.1) is 18.1 Å². The van der Waals surface area contributed by atoms with Gasteiger partial charge in [-0.05, 0) is 31.5 Å². The first-order valence-corrected chi connectivity index (χ1v) is 8.91. The molecule has 2 heterocycles. The lowest BCUT2D eigenvalue weighted by molar-refractivity contribution is -0.137. The molecule has 1 aromatic heterocycles. The molecule has 7 heteroatoms. The van der Waals surface area contributed by atoms with Crippen molar-refractivity contribution in [2.45, 2.75) is 30.6 Å². The third kappa shape index (κ3) is 2.44. The molecule has 0 bridgehead atoms. The van der Waals surface area contributed by atoms with Gasteiger partial charge in [0, 0.05) is 41.7 Å². The zero-order valence-electron chi connectivity index (χ0n) is 14.0. The van der Waals surface area contributed by atoms with Crippen molar-refractivity contribution in [3.05, 3.63) is 35.0 Å². The van der Waals surface area contributed by atoms with Crippen molar-refractivity contribution in [2.24, 2.45) is 5.41 Å². The molecule has 0 saturated heterocycles. The van der Waals surface area contributed by atoms with E-state index in [-0.39, 0.29) is 11.9 Å². The summed E-state index contributed by atoms with van der Waals surface area (Å²) in [6, 6.07) is 5.42.